The van der Waals surface area contributed by atoms with Crippen LogP contribution < -0.4 is 10.6 Å². The van der Waals surface area contributed by atoms with Crippen LogP contribution in [0.25, 0.3) is 0 Å². The van der Waals surface area contributed by atoms with Crippen molar-refractivity contribution in [3.05, 3.63) is 30.3 Å². The Morgan fingerprint density at radius 2 is 1.89 bits per heavy atom. The number of ether oxygens (including phenoxy) is 1. The Bertz CT molecular complexity index is 744. The standard InChI is InChI=1S/C19H30N4O4S/c1-3-20-18(21-12-15-28(25,26)17-8-6-5-7-9-17)22-16-10-13-23(14-11-16)19(24)27-4-2/h5-9,16H,3-4,10-15H2,1-2H3,(H2,20,21,22). The highest BCUT2D eigenvalue weighted by Gasteiger charge is 2.24. The molecule has 1 fully saturated rings. The average molecular weight is 411 g/mol. The van der Waals surface area contributed by atoms with Crippen molar-refractivity contribution in [2.75, 3.05) is 38.5 Å². The number of hydrogen-bond acceptors (Lipinski definition) is 5. The summed E-state index contributed by atoms with van der Waals surface area (Å²) >= 11 is 0. The van der Waals surface area contributed by atoms with Gasteiger partial charge in [0.25, 0.3) is 0 Å². The summed E-state index contributed by atoms with van der Waals surface area (Å²) in [4.78, 5) is 18.2. The topological polar surface area (TPSA) is 100 Å². The van der Waals surface area contributed by atoms with Gasteiger partial charge in [0, 0.05) is 25.7 Å². The number of guanidine groups is 1. The van der Waals surface area contributed by atoms with E-state index in [1.54, 1.807) is 42.2 Å². The third-order valence-electron chi connectivity index (χ3n) is 4.44. The second-order valence-electron chi connectivity index (χ2n) is 6.50. The van der Waals surface area contributed by atoms with E-state index in [-0.39, 0.29) is 24.4 Å². The van der Waals surface area contributed by atoms with Gasteiger partial charge in [-0.15, -0.1) is 0 Å². The molecule has 1 amide bonds. The smallest absolute Gasteiger partial charge is 0.409 e. The minimum absolute atomic E-state index is 0.0467. The molecule has 28 heavy (non-hydrogen) atoms. The predicted molar refractivity (Wildman–Crippen MR) is 109 cm³/mol. The third-order valence-corrected chi connectivity index (χ3v) is 6.15. The highest BCUT2D eigenvalue weighted by Crippen LogP contribution is 2.12. The maximum atomic E-state index is 12.4. The molecule has 1 saturated heterocycles. The van der Waals surface area contributed by atoms with E-state index in [0.717, 1.165) is 12.8 Å². The molecule has 0 unspecified atom stereocenters. The first-order chi connectivity index (χ1) is 13.5. The van der Waals surface area contributed by atoms with Crippen molar-refractivity contribution >= 4 is 21.9 Å². The van der Waals surface area contributed by atoms with Crippen molar-refractivity contribution in [1.82, 2.24) is 15.5 Å². The number of aliphatic imine (C=N–C) groups is 1. The highest BCUT2D eigenvalue weighted by atomic mass is 32.2. The van der Waals surface area contributed by atoms with Gasteiger partial charge in [0.1, 0.15) is 0 Å². The Morgan fingerprint density at radius 1 is 1.21 bits per heavy atom. The molecule has 0 radical (unpaired) electrons. The molecule has 0 saturated carbocycles. The van der Waals surface area contributed by atoms with Crippen LogP contribution in [0, 0.1) is 0 Å². The number of hydrogen-bond donors (Lipinski definition) is 2. The maximum Gasteiger partial charge on any atom is 0.409 e. The molecule has 0 spiro atoms. The zero-order valence-corrected chi connectivity index (χ0v) is 17.4. The number of sulfone groups is 1. The third kappa shape index (κ3) is 6.70. The summed E-state index contributed by atoms with van der Waals surface area (Å²) in [6.45, 7) is 6.23. The van der Waals surface area contributed by atoms with Gasteiger partial charge < -0.3 is 20.3 Å². The lowest BCUT2D eigenvalue weighted by Gasteiger charge is -2.32. The van der Waals surface area contributed by atoms with Crippen LogP contribution in [0.1, 0.15) is 26.7 Å². The molecule has 2 rings (SSSR count). The molecule has 156 valence electrons. The molecule has 0 aromatic heterocycles. The number of nitrogens with zero attached hydrogens (tertiary/aromatic N) is 2. The van der Waals surface area contributed by atoms with Crippen LogP contribution in [0.3, 0.4) is 0 Å². The fourth-order valence-corrected chi connectivity index (χ4v) is 4.10. The first-order valence-electron chi connectivity index (χ1n) is 9.70. The average Bonchev–Trinajstić information content (AvgIpc) is 2.69. The summed E-state index contributed by atoms with van der Waals surface area (Å²) < 4.78 is 29.7. The summed E-state index contributed by atoms with van der Waals surface area (Å²) in [7, 11) is -3.35. The van der Waals surface area contributed by atoms with Gasteiger partial charge in [-0.25, -0.2) is 13.2 Å². The van der Waals surface area contributed by atoms with Gasteiger partial charge in [-0.3, -0.25) is 4.99 Å². The van der Waals surface area contributed by atoms with Crippen LogP contribution in [-0.4, -0.2) is 70.0 Å². The SMILES string of the molecule is CCNC(=NCCS(=O)(=O)c1ccccc1)NC1CCN(C(=O)OCC)CC1. The van der Waals surface area contributed by atoms with Crippen molar-refractivity contribution in [3.8, 4) is 0 Å². The van der Waals surface area contributed by atoms with E-state index in [1.165, 1.54) is 0 Å². The van der Waals surface area contributed by atoms with Crippen LogP contribution in [0.2, 0.25) is 0 Å². The molecule has 1 aliphatic rings. The van der Waals surface area contributed by atoms with Crippen LogP contribution in [0.4, 0.5) is 4.79 Å². The molecular weight excluding hydrogens is 380 g/mol. The minimum Gasteiger partial charge on any atom is -0.450 e. The molecule has 1 aliphatic heterocycles. The van der Waals surface area contributed by atoms with E-state index < -0.39 is 9.84 Å². The molecule has 0 atom stereocenters. The Morgan fingerprint density at radius 3 is 2.50 bits per heavy atom. The number of carbonyl (C=O) groups excluding carboxylic acids is 1. The summed E-state index contributed by atoms with van der Waals surface area (Å²) in [5, 5.41) is 6.49. The number of benzene rings is 1. The van der Waals surface area contributed by atoms with Gasteiger partial charge in [-0.1, -0.05) is 18.2 Å². The van der Waals surface area contributed by atoms with E-state index in [4.69, 9.17) is 4.74 Å². The normalized spacial score (nSPS) is 15.9. The fourth-order valence-electron chi connectivity index (χ4n) is 2.96. The van der Waals surface area contributed by atoms with E-state index >= 15 is 0 Å². The molecule has 1 aromatic rings. The zero-order chi connectivity index (χ0) is 20.4. The van der Waals surface area contributed by atoms with Crippen LogP contribution in [-0.2, 0) is 14.6 Å². The number of amides is 1. The van der Waals surface area contributed by atoms with Crippen LogP contribution in [0.15, 0.2) is 40.2 Å². The van der Waals surface area contributed by atoms with Crippen LogP contribution >= 0.6 is 0 Å². The largest absolute Gasteiger partial charge is 0.450 e. The van der Waals surface area contributed by atoms with Gasteiger partial charge in [-0.2, -0.15) is 0 Å². The molecule has 0 bridgehead atoms. The Kier molecular flexibility index (Phi) is 8.56. The lowest BCUT2D eigenvalue weighted by molar-refractivity contribution is 0.0963. The molecule has 8 nitrogen and oxygen atoms in total. The Balaban J connectivity index is 1.87. The predicted octanol–water partition coefficient (Wildman–Crippen LogP) is 1.64. The number of nitrogens with one attached hydrogen (secondary N) is 2. The van der Waals surface area contributed by atoms with Crippen molar-refractivity contribution in [1.29, 1.82) is 0 Å². The summed E-state index contributed by atoms with van der Waals surface area (Å²) in [6.07, 6.45) is 1.30. The van der Waals surface area contributed by atoms with Gasteiger partial charge in [0.2, 0.25) is 0 Å². The maximum absolute atomic E-state index is 12.4. The summed E-state index contributed by atoms with van der Waals surface area (Å²) in [5.41, 5.74) is 0. The Hall–Kier alpha value is -2.29. The van der Waals surface area contributed by atoms with Gasteiger partial charge in [0.15, 0.2) is 15.8 Å². The molecular formula is C19H30N4O4S. The van der Waals surface area contributed by atoms with E-state index in [1.807, 2.05) is 6.92 Å². The molecule has 9 heteroatoms. The molecule has 0 aliphatic carbocycles. The first-order valence-corrected chi connectivity index (χ1v) is 11.4. The molecule has 2 N–H and O–H groups in total. The molecule has 1 heterocycles. The lowest BCUT2D eigenvalue weighted by Crippen LogP contribution is -2.50. The highest BCUT2D eigenvalue weighted by molar-refractivity contribution is 7.91. The van der Waals surface area contributed by atoms with Crippen molar-refractivity contribution in [2.45, 2.75) is 37.6 Å². The minimum atomic E-state index is -3.35. The second-order valence-corrected chi connectivity index (χ2v) is 8.61. The first kappa shape index (κ1) is 22.0. The van der Waals surface area contributed by atoms with Crippen molar-refractivity contribution in [2.24, 2.45) is 4.99 Å². The van der Waals surface area contributed by atoms with Crippen molar-refractivity contribution < 1.29 is 17.9 Å². The number of rotatable bonds is 7. The van der Waals surface area contributed by atoms with Crippen LogP contribution in [0.5, 0.6) is 0 Å². The summed E-state index contributed by atoms with van der Waals surface area (Å²) in [6, 6.07) is 8.58. The van der Waals surface area contributed by atoms with E-state index in [9.17, 15) is 13.2 Å². The van der Waals surface area contributed by atoms with E-state index in [2.05, 4.69) is 15.6 Å². The zero-order valence-electron chi connectivity index (χ0n) is 16.6. The van der Waals surface area contributed by atoms with Crippen molar-refractivity contribution in [3.63, 3.8) is 0 Å². The van der Waals surface area contributed by atoms with Gasteiger partial charge >= 0.3 is 6.09 Å². The monoisotopic (exact) mass is 410 g/mol. The molecule has 1 aromatic carbocycles. The van der Waals surface area contributed by atoms with Gasteiger partial charge in [0.05, 0.1) is 23.8 Å². The van der Waals surface area contributed by atoms with E-state index in [0.29, 0.717) is 37.1 Å². The number of likely N-dealkylation sites (tertiary alicyclic amines) is 1. The second kappa shape index (κ2) is 10.9. The number of carbonyl (C=O) groups is 1. The Labute approximate surface area is 167 Å². The van der Waals surface area contributed by atoms with Gasteiger partial charge in [-0.05, 0) is 38.8 Å². The lowest BCUT2D eigenvalue weighted by atomic mass is 10.1. The fraction of sp³-hybridized carbons (Fsp3) is 0.579. The number of piperidine rings is 1. The quantitative estimate of drug-likeness (QED) is 0.524. The summed E-state index contributed by atoms with van der Waals surface area (Å²) in [5.74, 6) is 0.551.